The molecular formula is C7H8N2O+. The first-order valence-corrected chi connectivity index (χ1v) is 2.92. The van der Waals surface area contributed by atoms with Crippen molar-refractivity contribution in [1.82, 2.24) is 0 Å². The van der Waals surface area contributed by atoms with Crippen molar-refractivity contribution in [2.45, 2.75) is 6.54 Å². The Bertz CT molecular complexity index is 235. The largest absolute Gasteiger partial charge is 0.394 e. The number of pyridine rings is 1. The molecule has 1 aromatic heterocycles. The highest BCUT2D eigenvalue weighted by molar-refractivity contribution is 5.48. The first-order chi connectivity index (χ1) is 4.83. The standard InChI is InChI=1S/C7H8N2O/c8-7-2-1-3-9(6-7)4-5-10/h1-3,6H,4,8H2/q+1. The summed E-state index contributed by atoms with van der Waals surface area (Å²) in [5.74, 6) is 0. The predicted molar refractivity (Wildman–Crippen MR) is 36.7 cm³/mol. The van der Waals surface area contributed by atoms with Gasteiger partial charge in [-0.05, 0) is 6.07 Å². The van der Waals surface area contributed by atoms with E-state index < -0.39 is 0 Å². The van der Waals surface area contributed by atoms with Gasteiger partial charge in [0, 0.05) is 6.07 Å². The van der Waals surface area contributed by atoms with Gasteiger partial charge in [-0.3, -0.25) is 4.79 Å². The number of hydrogen-bond donors (Lipinski definition) is 1. The van der Waals surface area contributed by atoms with Gasteiger partial charge >= 0.3 is 0 Å². The van der Waals surface area contributed by atoms with Crippen molar-refractivity contribution in [3.63, 3.8) is 0 Å². The average Bonchev–Trinajstić information content (AvgIpc) is 1.88. The fourth-order valence-corrected chi connectivity index (χ4v) is 0.715. The second kappa shape index (κ2) is 2.96. The lowest BCUT2D eigenvalue weighted by Crippen LogP contribution is -2.33. The molecule has 0 saturated heterocycles. The average molecular weight is 136 g/mol. The fourth-order valence-electron chi connectivity index (χ4n) is 0.715. The zero-order chi connectivity index (χ0) is 7.40. The van der Waals surface area contributed by atoms with Gasteiger partial charge in [0.2, 0.25) is 6.54 Å². The van der Waals surface area contributed by atoms with Gasteiger partial charge in [-0.15, -0.1) is 0 Å². The molecule has 0 amide bonds. The van der Waals surface area contributed by atoms with Gasteiger partial charge in [0.05, 0.1) is 5.69 Å². The Balaban J connectivity index is 2.84. The second-order valence-electron chi connectivity index (χ2n) is 1.95. The van der Waals surface area contributed by atoms with Crippen LogP contribution in [0.25, 0.3) is 0 Å². The van der Waals surface area contributed by atoms with E-state index in [1.807, 2.05) is 0 Å². The number of carbonyl (C=O) groups excluding carboxylic acids is 1. The Morgan fingerprint density at radius 3 is 3.10 bits per heavy atom. The highest BCUT2D eigenvalue weighted by Gasteiger charge is 1.97. The highest BCUT2D eigenvalue weighted by atomic mass is 16.1. The van der Waals surface area contributed by atoms with Crippen LogP contribution in [0.2, 0.25) is 0 Å². The predicted octanol–water partition coefficient (Wildman–Crippen LogP) is -0.334. The van der Waals surface area contributed by atoms with E-state index in [-0.39, 0.29) is 6.54 Å². The van der Waals surface area contributed by atoms with E-state index in [1.165, 1.54) is 0 Å². The molecule has 0 aliphatic carbocycles. The molecule has 1 rings (SSSR count). The molecule has 0 aliphatic heterocycles. The molecule has 3 heteroatoms. The summed E-state index contributed by atoms with van der Waals surface area (Å²) in [4.78, 5) is 9.90. The lowest BCUT2D eigenvalue weighted by atomic mass is 10.4. The lowest BCUT2D eigenvalue weighted by Gasteiger charge is -1.89. The number of anilines is 1. The van der Waals surface area contributed by atoms with Crippen molar-refractivity contribution < 1.29 is 9.36 Å². The summed E-state index contributed by atoms with van der Waals surface area (Å²) < 4.78 is 1.67. The summed E-state index contributed by atoms with van der Waals surface area (Å²) in [6.45, 7) is 0.241. The molecule has 51 valence electrons. The van der Waals surface area contributed by atoms with Crippen LogP contribution in [-0.2, 0) is 11.3 Å². The third kappa shape index (κ3) is 1.55. The minimum absolute atomic E-state index is 0.241. The van der Waals surface area contributed by atoms with Gasteiger partial charge in [-0.2, -0.15) is 4.57 Å². The third-order valence-electron chi connectivity index (χ3n) is 1.13. The van der Waals surface area contributed by atoms with Gasteiger partial charge in [-0.25, -0.2) is 0 Å². The number of hydrogen-bond acceptors (Lipinski definition) is 2. The van der Waals surface area contributed by atoms with Crippen LogP contribution in [-0.4, -0.2) is 6.29 Å². The first-order valence-electron chi connectivity index (χ1n) is 2.92. The maximum Gasteiger partial charge on any atom is 0.269 e. The van der Waals surface area contributed by atoms with E-state index in [0.717, 1.165) is 0 Å². The Hall–Kier alpha value is -1.38. The SMILES string of the molecule is Nc1ccc[n+](C[C]=O)c1. The minimum atomic E-state index is 0.241. The van der Waals surface area contributed by atoms with Crippen LogP contribution in [0.3, 0.4) is 0 Å². The molecular weight excluding hydrogens is 128 g/mol. The quantitative estimate of drug-likeness (QED) is 0.566. The molecule has 1 radical (unpaired) electrons. The topological polar surface area (TPSA) is 47.0 Å². The molecule has 0 saturated carbocycles. The Labute approximate surface area is 59.1 Å². The molecule has 3 nitrogen and oxygen atoms in total. The van der Waals surface area contributed by atoms with E-state index in [2.05, 4.69) is 0 Å². The van der Waals surface area contributed by atoms with Gasteiger partial charge < -0.3 is 5.73 Å². The molecule has 0 unspecified atom stereocenters. The summed E-state index contributed by atoms with van der Waals surface area (Å²) in [5.41, 5.74) is 6.09. The molecule has 2 N–H and O–H groups in total. The zero-order valence-corrected chi connectivity index (χ0v) is 5.45. The summed E-state index contributed by atoms with van der Waals surface area (Å²) >= 11 is 0. The molecule has 10 heavy (non-hydrogen) atoms. The van der Waals surface area contributed by atoms with Crippen LogP contribution in [0.15, 0.2) is 24.5 Å². The van der Waals surface area contributed by atoms with Crippen LogP contribution in [0.5, 0.6) is 0 Å². The number of rotatable bonds is 2. The van der Waals surface area contributed by atoms with Crippen molar-refractivity contribution in [3.05, 3.63) is 24.5 Å². The van der Waals surface area contributed by atoms with E-state index >= 15 is 0 Å². The minimum Gasteiger partial charge on any atom is -0.394 e. The second-order valence-corrected chi connectivity index (χ2v) is 1.95. The van der Waals surface area contributed by atoms with Gasteiger partial charge in [0.25, 0.3) is 6.29 Å². The van der Waals surface area contributed by atoms with Crippen LogP contribution in [0.1, 0.15) is 0 Å². The summed E-state index contributed by atoms with van der Waals surface area (Å²) in [6.07, 6.45) is 5.22. The van der Waals surface area contributed by atoms with E-state index in [0.29, 0.717) is 5.69 Å². The molecule has 0 aliphatic rings. The van der Waals surface area contributed by atoms with Crippen LogP contribution in [0.4, 0.5) is 5.69 Å². The molecule has 1 aromatic rings. The highest BCUT2D eigenvalue weighted by Crippen LogP contribution is 1.91. The third-order valence-corrected chi connectivity index (χ3v) is 1.13. The fraction of sp³-hybridized carbons (Fsp3) is 0.143. The van der Waals surface area contributed by atoms with Crippen molar-refractivity contribution in [3.8, 4) is 0 Å². The summed E-state index contributed by atoms with van der Waals surface area (Å²) in [7, 11) is 0. The smallest absolute Gasteiger partial charge is 0.269 e. The van der Waals surface area contributed by atoms with Gasteiger partial charge in [-0.1, -0.05) is 0 Å². The van der Waals surface area contributed by atoms with E-state index in [9.17, 15) is 4.79 Å². The number of nitrogens with two attached hydrogens (primary N) is 1. The van der Waals surface area contributed by atoms with Crippen molar-refractivity contribution in [2.24, 2.45) is 0 Å². The molecule has 1 heterocycles. The van der Waals surface area contributed by atoms with Crippen molar-refractivity contribution in [2.75, 3.05) is 5.73 Å². The normalized spacial score (nSPS) is 9.20. The van der Waals surface area contributed by atoms with Crippen molar-refractivity contribution >= 4 is 12.0 Å². The lowest BCUT2D eigenvalue weighted by molar-refractivity contribution is -0.680. The van der Waals surface area contributed by atoms with E-state index in [1.54, 1.807) is 35.4 Å². The Kier molecular flexibility index (Phi) is 1.99. The summed E-state index contributed by atoms with van der Waals surface area (Å²) in [6, 6.07) is 3.55. The number of aromatic nitrogens is 1. The first kappa shape index (κ1) is 6.74. The maximum atomic E-state index is 9.90. The summed E-state index contributed by atoms with van der Waals surface area (Å²) in [5, 5.41) is 0. The maximum absolute atomic E-state index is 9.90. The molecule has 0 spiro atoms. The molecule has 0 atom stereocenters. The molecule has 0 bridgehead atoms. The monoisotopic (exact) mass is 136 g/mol. The zero-order valence-electron chi connectivity index (χ0n) is 5.45. The number of nitrogens with zero attached hydrogens (tertiary/aromatic N) is 1. The van der Waals surface area contributed by atoms with E-state index in [4.69, 9.17) is 5.73 Å². The van der Waals surface area contributed by atoms with Crippen LogP contribution in [0, 0.1) is 0 Å². The van der Waals surface area contributed by atoms with Gasteiger partial charge in [0.1, 0.15) is 0 Å². The molecule has 0 aromatic carbocycles. The van der Waals surface area contributed by atoms with Crippen LogP contribution < -0.4 is 10.3 Å². The van der Waals surface area contributed by atoms with Gasteiger partial charge in [0.15, 0.2) is 12.4 Å². The Morgan fingerprint density at radius 1 is 1.70 bits per heavy atom. The molecule has 0 fully saturated rings. The van der Waals surface area contributed by atoms with Crippen LogP contribution >= 0.6 is 0 Å². The number of nitrogen functional groups attached to an aromatic ring is 1. The Morgan fingerprint density at radius 2 is 2.50 bits per heavy atom. The van der Waals surface area contributed by atoms with Crippen molar-refractivity contribution in [1.29, 1.82) is 0 Å².